The van der Waals surface area contributed by atoms with Crippen molar-refractivity contribution in [3.63, 3.8) is 0 Å². The molecule has 1 heterocycles. The minimum atomic E-state index is 0.615. The van der Waals surface area contributed by atoms with Crippen molar-refractivity contribution in [3.05, 3.63) is 39.8 Å². The van der Waals surface area contributed by atoms with E-state index in [1.165, 1.54) is 16.7 Å². The van der Waals surface area contributed by atoms with Gasteiger partial charge in [0.15, 0.2) is 0 Å². The van der Waals surface area contributed by atoms with Crippen molar-refractivity contribution in [3.8, 4) is 11.3 Å². The van der Waals surface area contributed by atoms with Gasteiger partial charge in [0.2, 0.25) is 0 Å². The van der Waals surface area contributed by atoms with Crippen molar-refractivity contribution in [2.75, 3.05) is 6.54 Å². The Hall–Kier alpha value is -1.13. The Morgan fingerprint density at radius 1 is 1.33 bits per heavy atom. The van der Waals surface area contributed by atoms with Crippen molar-refractivity contribution < 1.29 is 0 Å². The fourth-order valence-corrected chi connectivity index (χ4v) is 2.92. The number of rotatable bonds is 3. The summed E-state index contributed by atoms with van der Waals surface area (Å²) in [5, 5.41) is 0. The molecule has 0 atom stereocenters. The van der Waals surface area contributed by atoms with E-state index < -0.39 is 0 Å². The molecule has 0 spiro atoms. The lowest BCUT2D eigenvalue weighted by Crippen LogP contribution is -2.08. The molecule has 0 saturated heterocycles. The summed E-state index contributed by atoms with van der Waals surface area (Å²) < 4.78 is 3.01. The Kier molecular flexibility index (Phi) is 3.88. The van der Waals surface area contributed by atoms with Crippen LogP contribution >= 0.6 is 15.9 Å². The van der Waals surface area contributed by atoms with E-state index in [4.69, 9.17) is 5.73 Å². The number of hydrogen-bond donors (Lipinski definition) is 1. The second kappa shape index (κ2) is 5.24. The van der Waals surface area contributed by atoms with Gasteiger partial charge in [0, 0.05) is 19.0 Å². The molecule has 0 unspecified atom stereocenters. The molecule has 2 rings (SSSR count). The lowest BCUT2D eigenvalue weighted by atomic mass is 10.0. The van der Waals surface area contributed by atoms with E-state index in [0.29, 0.717) is 6.54 Å². The standard InChI is InChI=1S/C14H18BrN3/c1-9-4-5-11(10(2)8-9)13-14(15)17-12(6-7-16)18(13)3/h4-5,8H,6-7,16H2,1-3H3. The van der Waals surface area contributed by atoms with Gasteiger partial charge in [-0.15, -0.1) is 0 Å². The summed E-state index contributed by atoms with van der Waals surface area (Å²) >= 11 is 3.55. The van der Waals surface area contributed by atoms with Gasteiger partial charge in [-0.05, 0) is 41.9 Å². The quantitative estimate of drug-likeness (QED) is 0.947. The van der Waals surface area contributed by atoms with Crippen LogP contribution in [0.4, 0.5) is 0 Å². The topological polar surface area (TPSA) is 43.8 Å². The zero-order chi connectivity index (χ0) is 13.3. The van der Waals surface area contributed by atoms with Crippen LogP contribution in [-0.4, -0.2) is 16.1 Å². The average molecular weight is 308 g/mol. The van der Waals surface area contributed by atoms with Gasteiger partial charge in [-0.2, -0.15) is 0 Å². The summed E-state index contributed by atoms with van der Waals surface area (Å²) in [7, 11) is 2.04. The molecule has 0 fully saturated rings. The van der Waals surface area contributed by atoms with Crippen LogP contribution in [0, 0.1) is 13.8 Å². The van der Waals surface area contributed by atoms with Crippen LogP contribution in [0.3, 0.4) is 0 Å². The Labute approximate surface area is 116 Å². The van der Waals surface area contributed by atoms with Crippen LogP contribution < -0.4 is 5.73 Å². The van der Waals surface area contributed by atoms with Crippen LogP contribution in [0.5, 0.6) is 0 Å². The maximum absolute atomic E-state index is 5.61. The summed E-state index contributed by atoms with van der Waals surface area (Å²) in [6.45, 7) is 4.85. The second-order valence-electron chi connectivity index (χ2n) is 4.58. The summed E-state index contributed by atoms with van der Waals surface area (Å²) in [5.74, 6) is 1.01. The zero-order valence-corrected chi connectivity index (χ0v) is 12.6. The van der Waals surface area contributed by atoms with Gasteiger partial charge in [0.1, 0.15) is 10.4 Å². The molecule has 0 amide bonds. The highest BCUT2D eigenvalue weighted by Crippen LogP contribution is 2.31. The lowest BCUT2D eigenvalue weighted by molar-refractivity contribution is 0.781. The number of nitrogens with two attached hydrogens (primary N) is 1. The van der Waals surface area contributed by atoms with E-state index in [1.807, 2.05) is 7.05 Å². The van der Waals surface area contributed by atoms with Gasteiger partial charge in [-0.3, -0.25) is 0 Å². The predicted molar refractivity (Wildman–Crippen MR) is 78.6 cm³/mol. The molecule has 2 N–H and O–H groups in total. The molecule has 0 aliphatic rings. The molecule has 3 nitrogen and oxygen atoms in total. The molecule has 1 aromatic carbocycles. The summed E-state index contributed by atoms with van der Waals surface area (Å²) in [4.78, 5) is 4.54. The Balaban J connectivity index is 2.56. The van der Waals surface area contributed by atoms with Crippen molar-refractivity contribution in [1.82, 2.24) is 9.55 Å². The molecule has 0 bridgehead atoms. The van der Waals surface area contributed by atoms with Crippen molar-refractivity contribution in [2.24, 2.45) is 12.8 Å². The van der Waals surface area contributed by atoms with Gasteiger partial charge < -0.3 is 10.3 Å². The minimum absolute atomic E-state index is 0.615. The molecular formula is C14H18BrN3. The molecule has 0 radical (unpaired) electrons. The van der Waals surface area contributed by atoms with Crippen molar-refractivity contribution >= 4 is 15.9 Å². The number of aromatic nitrogens is 2. The zero-order valence-electron chi connectivity index (χ0n) is 11.0. The van der Waals surface area contributed by atoms with Crippen LogP contribution in [0.2, 0.25) is 0 Å². The molecule has 0 aliphatic heterocycles. The summed E-state index contributed by atoms with van der Waals surface area (Å²) in [5.41, 5.74) is 10.5. The van der Waals surface area contributed by atoms with E-state index in [9.17, 15) is 0 Å². The highest BCUT2D eigenvalue weighted by atomic mass is 79.9. The van der Waals surface area contributed by atoms with E-state index in [0.717, 1.165) is 22.5 Å². The lowest BCUT2D eigenvalue weighted by Gasteiger charge is -2.09. The number of nitrogens with zero attached hydrogens (tertiary/aromatic N) is 2. The van der Waals surface area contributed by atoms with E-state index >= 15 is 0 Å². The monoisotopic (exact) mass is 307 g/mol. The normalized spacial score (nSPS) is 10.9. The predicted octanol–water partition coefficient (Wildman–Crippen LogP) is 2.97. The Morgan fingerprint density at radius 3 is 2.67 bits per heavy atom. The largest absolute Gasteiger partial charge is 0.330 e. The van der Waals surface area contributed by atoms with Gasteiger partial charge >= 0.3 is 0 Å². The third-order valence-electron chi connectivity index (χ3n) is 3.15. The molecule has 0 aliphatic carbocycles. The van der Waals surface area contributed by atoms with Crippen LogP contribution in [0.25, 0.3) is 11.3 Å². The van der Waals surface area contributed by atoms with Crippen LogP contribution in [0.15, 0.2) is 22.8 Å². The van der Waals surface area contributed by atoms with Gasteiger partial charge in [0.25, 0.3) is 0 Å². The first kappa shape index (κ1) is 13.3. The SMILES string of the molecule is Cc1ccc(-c2c(Br)nc(CCN)n2C)c(C)c1. The van der Waals surface area contributed by atoms with Crippen molar-refractivity contribution in [1.29, 1.82) is 0 Å². The maximum atomic E-state index is 5.61. The summed E-state index contributed by atoms with van der Waals surface area (Å²) in [6, 6.07) is 6.47. The van der Waals surface area contributed by atoms with Crippen molar-refractivity contribution in [2.45, 2.75) is 20.3 Å². The minimum Gasteiger partial charge on any atom is -0.330 e. The van der Waals surface area contributed by atoms with E-state index in [-0.39, 0.29) is 0 Å². The molecule has 1 aromatic heterocycles. The number of benzene rings is 1. The number of imidazole rings is 1. The van der Waals surface area contributed by atoms with Crippen LogP contribution in [-0.2, 0) is 13.5 Å². The fraction of sp³-hybridized carbons (Fsp3) is 0.357. The molecule has 0 saturated carbocycles. The number of hydrogen-bond acceptors (Lipinski definition) is 2. The first-order valence-corrected chi connectivity index (χ1v) is 6.82. The molecule has 96 valence electrons. The Morgan fingerprint density at radius 2 is 2.06 bits per heavy atom. The third-order valence-corrected chi connectivity index (χ3v) is 3.70. The first-order valence-electron chi connectivity index (χ1n) is 6.03. The number of aryl methyl sites for hydroxylation is 2. The summed E-state index contributed by atoms with van der Waals surface area (Å²) in [6.07, 6.45) is 0.792. The third kappa shape index (κ3) is 2.35. The molecule has 2 aromatic rings. The maximum Gasteiger partial charge on any atom is 0.132 e. The van der Waals surface area contributed by atoms with Crippen LogP contribution in [0.1, 0.15) is 17.0 Å². The van der Waals surface area contributed by atoms with E-state index in [1.54, 1.807) is 0 Å². The first-order chi connectivity index (χ1) is 8.54. The number of halogens is 1. The highest BCUT2D eigenvalue weighted by molar-refractivity contribution is 9.10. The molecule has 4 heteroatoms. The highest BCUT2D eigenvalue weighted by Gasteiger charge is 2.15. The van der Waals surface area contributed by atoms with Gasteiger partial charge in [-0.25, -0.2) is 4.98 Å². The van der Waals surface area contributed by atoms with E-state index in [2.05, 4.69) is 57.5 Å². The van der Waals surface area contributed by atoms with Gasteiger partial charge in [0.05, 0.1) is 5.69 Å². The fourth-order valence-electron chi connectivity index (χ4n) is 2.23. The van der Waals surface area contributed by atoms with Gasteiger partial charge in [-0.1, -0.05) is 23.8 Å². The molecule has 18 heavy (non-hydrogen) atoms. The smallest absolute Gasteiger partial charge is 0.132 e. The Bertz CT molecular complexity index is 573. The second-order valence-corrected chi connectivity index (χ2v) is 5.33. The average Bonchev–Trinajstić information content (AvgIpc) is 2.56. The molecular weight excluding hydrogens is 290 g/mol.